The number of hydrogen-bond donors (Lipinski definition) is 0. The third-order valence-electron chi connectivity index (χ3n) is 2.83. The van der Waals surface area contributed by atoms with Crippen molar-refractivity contribution in [3.8, 4) is 16.9 Å². The number of halogens is 2. The predicted octanol–water partition coefficient (Wildman–Crippen LogP) is 3.82. The second-order valence-corrected chi connectivity index (χ2v) is 4.10. The van der Waals surface area contributed by atoms with Crippen molar-refractivity contribution in [2.24, 2.45) is 0 Å². The highest BCUT2D eigenvalue weighted by atomic mass is 19.1. The van der Waals surface area contributed by atoms with E-state index in [0.29, 0.717) is 11.4 Å². The predicted molar refractivity (Wildman–Crippen MR) is 68.9 cm³/mol. The summed E-state index contributed by atoms with van der Waals surface area (Å²) in [6, 6.07) is 14.2. The molecule has 0 aliphatic carbocycles. The van der Waals surface area contributed by atoms with Gasteiger partial charge < -0.3 is 0 Å². The van der Waals surface area contributed by atoms with Gasteiger partial charge in [-0.25, -0.2) is 13.5 Å². The van der Waals surface area contributed by atoms with Crippen LogP contribution in [-0.2, 0) is 0 Å². The van der Waals surface area contributed by atoms with E-state index in [4.69, 9.17) is 0 Å². The van der Waals surface area contributed by atoms with E-state index < -0.39 is 0 Å². The summed E-state index contributed by atoms with van der Waals surface area (Å²) in [6.45, 7) is 0. The molecule has 0 radical (unpaired) electrons. The van der Waals surface area contributed by atoms with Gasteiger partial charge in [-0.05, 0) is 42.5 Å². The molecule has 0 fully saturated rings. The lowest BCUT2D eigenvalue weighted by atomic mass is 10.1. The van der Waals surface area contributed by atoms with Crippen LogP contribution >= 0.6 is 0 Å². The van der Waals surface area contributed by atoms with Crippen LogP contribution in [0.4, 0.5) is 8.78 Å². The Morgan fingerprint density at radius 3 is 2.32 bits per heavy atom. The van der Waals surface area contributed by atoms with Crippen molar-refractivity contribution in [2.75, 3.05) is 0 Å². The summed E-state index contributed by atoms with van der Waals surface area (Å²) >= 11 is 0. The van der Waals surface area contributed by atoms with E-state index in [2.05, 4.69) is 5.10 Å². The topological polar surface area (TPSA) is 17.8 Å². The van der Waals surface area contributed by atoms with E-state index in [1.54, 1.807) is 42.6 Å². The Morgan fingerprint density at radius 1 is 0.842 bits per heavy atom. The molecule has 0 saturated heterocycles. The van der Waals surface area contributed by atoms with Gasteiger partial charge in [-0.15, -0.1) is 0 Å². The van der Waals surface area contributed by atoms with Gasteiger partial charge in [0.1, 0.15) is 17.3 Å². The fourth-order valence-corrected chi connectivity index (χ4v) is 1.87. The van der Waals surface area contributed by atoms with Crippen LogP contribution in [0, 0.1) is 11.6 Å². The molecule has 0 aliphatic heterocycles. The number of rotatable bonds is 2. The first kappa shape index (κ1) is 11.6. The maximum Gasteiger partial charge on any atom is 0.148 e. The molecule has 2 aromatic carbocycles. The van der Waals surface area contributed by atoms with Crippen molar-refractivity contribution in [1.29, 1.82) is 0 Å². The van der Waals surface area contributed by atoms with Crippen molar-refractivity contribution in [3.63, 3.8) is 0 Å². The zero-order valence-corrected chi connectivity index (χ0v) is 9.92. The Kier molecular flexibility index (Phi) is 2.83. The summed E-state index contributed by atoms with van der Waals surface area (Å²) in [4.78, 5) is 0. The first-order chi connectivity index (χ1) is 9.24. The Hall–Kier alpha value is -2.49. The molecular weight excluding hydrogens is 246 g/mol. The molecular formula is C15H10F2N2. The SMILES string of the molecule is Fc1ccc(-c2ccn(-c3ccccc3F)n2)cc1. The van der Waals surface area contributed by atoms with Gasteiger partial charge in [0.2, 0.25) is 0 Å². The van der Waals surface area contributed by atoms with E-state index in [0.717, 1.165) is 5.56 Å². The molecule has 0 aliphatic rings. The van der Waals surface area contributed by atoms with Crippen molar-refractivity contribution >= 4 is 0 Å². The van der Waals surface area contributed by atoms with Gasteiger partial charge in [0, 0.05) is 11.8 Å². The third-order valence-corrected chi connectivity index (χ3v) is 2.83. The smallest absolute Gasteiger partial charge is 0.148 e. The standard InChI is InChI=1S/C15H10F2N2/c16-12-7-5-11(6-8-12)14-9-10-19(18-14)15-4-2-1-3-13(15)17/h1-10H. The lowest BCUT2D eigenvalue weighted by Crippen LogP contribution is -1.97. The van der Waals surface area contributed by atoms with E-state index in [1.807, 2.05) is 0 Å². The molecule has 0 unspecified atom stereocenters. The minimum Gasteiger partial charge on any atom is -0.237 e. The summed E-state index contributed by atoms with van der Waals surface area (Å²) in [5, 5.41) is 4.30. The normalized spacial score (nSPS) is 10.6. The fourth-order valence-electron chi connectivity index (χ4n) is 1.87. The van der Waals surface area contributed by atoms with Crippen LogP contribution < -0.4 is 0 Å². The summed E-state index contributed by atoms with van der Waals surface area (Å²) in [5.74, 6) is -0.631. The van der Waals surface area contributed by atoms with Gasteiger partial charge in [0.25, 0.3) is 0 Å². The number of hydrogen-bond acceptors (Lipinski definition) is 1. The maximum absolute atomic E-state index is 13.6. The molecule has 1 aromatic heterocycles. The Labute approximate surface area is 108 Å². The first-order valence-corrected chi connectivity index (χ1v) is 5.80. The van der Waals surface area contributed by atoms with Gasteiger partial charge in [0.15, 0.2) is 0 Å². The molecule has 2 nitrogen and oxygen atoms in total. The molecule has 19 heavy (non-hydrogen) atoms. The minimum atomic E-state index is -0.337. The van der Waals surface area contributed by atoms with E-state index in [-0.39, 0.29) is 11.6 Å². The average Bonchev–Trinajstić information content (AvgIpc) is 2.89. The lowest BCUT2D eigenvalue weighted by Gasteiger charge is -2.02. The average molecular weight is 256 g/mol. The molecule has 0 amide bonds. The number of benzene rings is 2. The first-order valence-electron chi connectivity index (χ1n) is 5.80. The van der Waals surface area contributed by atoms with Crippen LogP contribution in [0.15, 0.2) is 60.8 Å². The van der Waals surface area contributed by atoms with Crippen LogP contribution in [0.25, 0.3) is 16.9 Å². The Morgan fingerprint density at radius 2 is 1.58 bits per heavy atom. The van der Waals surface area contributed by atoms with Crippen molar-refractivity contribution in [3.05, 3.63) is 72.4 Å². The van der Waals surface area contributed by atoms with Crippen LogP contribution in [0.3, 0.4) is 0 Å². The molecule has 0 saturated carbocycles. The molecule has 3 rings (SSSR count). The largest absolute Gasteiger partial charge is 0.237 e. The van der Waals surface area contributed by atoms with Gasteiger partial charge in [0.05, 0.1) is 5.69 Å². The second-order valence-electron chi connectivity index (χ2n) is 4.10. The minimum absolute atomic E-state index is 0.294. The van der Waals surface area contributed by atoms with Crippen molar-refractivity contribution < 1.29 is 8.78 Å². The van der Waals surface area contributed by atoms with Crippen LogP contribution in [0.2, 0.25) is 0 Å². The number of aromatic nitrogens is 2. The maximum atomic E-state index is 13.6. The monoisotopic (exact) mass is 256 g/mol. The Bertz CT molecular complexity index is 702. The zero-order valence-electron chi connectivity index (χ0n) is 9.92. The van der Waals surface area contributed by atoms with Crippen LogP contribution in [-0.4, -0.2) is 9.78 Å². The summed E-state index contributed by atoms with van der Waals surface area (Å²) in [5.41, 5.74) is 1.84. The highest BCUT2D eigenvalue weighted by Crippen LogP contribution is 2.19. The van der Waals surface area contributed by atoms with Gasteiger partial charge in [-0.2, -0.15) is 5.10 Å². The summed E-state index contributed by atoms with van der Waals surface area (Å²) in [6.07, 6.45) is 1.68. The zero-order chi connectivity index (χ0) is 13.2. The molecule has 3 aromatic rings. The van der Waals surface area contributed by atoms with E-state index >= 15 is 0 Å². The molecule has 0 spiro atoms. The van der Waals surface area contributed by atoms with Gasteiger partial charge in [-0.1, -0.05) is 12.1 Å². The third kappa shape index (κ3) is 2.25. The summed E-state index contributed by atoms with van der Waals surface area (Å²) < 4.78 is 27.9. The Balaban J connectivity index is 2.00. The van der Waals surface area contributed by atoms with Crippen LogP contribution in [0.5, 0.6) is 0 Å². The van der Waals surface area contributed by atoms with Gasteiger partial charge >= 0.3 is 0 Å². The van der Waals surface area contributed by atoms with E-state index in [9.17, 15) is 8.78 Å². The van der Waals surface area contributed by atoms with E-state index in [1.165, 1.54) is 22.9 Å². The second kappa shape index (κ2) is 4.65. The molecule has 0 atom stereocenters. The van der Waals surface area contributed by atoms with Crippen molar-refractivity contribution in [1.82, 2.24) is 9.78 Å². The fraction of sp³-hybridized carbons (Fsp3) is 0. The van der Waals surface area contributed by atoms with Crippen molar-refractivity contribution in [2.45, 2.75) is 0 Å². The highest BCUT2D eigenvalue weighted by molar-refractivity contribution is 5.58. The summed E-state index contributed by atoms with van der Waals surface area (Å²) in [7, 11) is 0. The molecule has 4 heteroatoms. The number of nitrogens with zero attached hydrogens (tertiary/aromatic N) is 2. The molecule has 1 heterocycles. The molecule has 94 valence electrons. The van der Waals surface area contributed by atoms with Crippen LogP contribution in [0.1, 0.15) is 0 Å². The number of para-hydroxylation sites is 1. The van der Waals surface area contributed by atoms with Gasteiger partial charge in [-0.3, -0.25) is 0 Å². The highest BCUT2D eigenvalue weighted by Gasteiger charge is 2.07. The molecule has 0 bridgehead atoms. The quantitative estimate of drug-likeness (QED) is 0.681. The lowest BCUT2D eigenvalue weighted by molar-refractivity contribution is 0.611. The molecule has 0 N–H and O–H groups in total.